The molecule has 6 nitrogen and oxygen atoms in total. The van der Waals surface area contributed by atoms with Gasteiger partial charge in [-0.2, -0.15) is 0 Å². The minimum absolute atomic E-state index is 0.108. The fourth-order valence-electron chi connectivity index (χ4n) is 1.92. The van der Waals surface area contributed by atoms with E-state index in [9.17, 15) is 14.3 Å². The van der Waals surface area contributed by atoms with Crippen molar-refractivity contribution in [1.82, 2.24) is 15.4 Å². The Kier molecular flexibility index (Phi) is 5.24. The predicted molar refractivity (Wildman–Crippen MR) is 78.8 cm³/mol. The highest BCUT2D eigenvalue weighted by atomic mass is 19.1. The summed E-state index contributed by atoms with van der Waals surface area (Å²) >= 11 is 0. The lowest BCUT2D eigenvalue weighted by molar-refractivity contribution is 0.0884. The lowest BCUT2D eigenvalue weighted by Crippen LogP contribution is -2.37. The Morgan fingerprint density at radius 3 is 2.73 bits per heavy atom. The molecular weight excluding hydrogens is 289 g/mol. The van der Waals surface area contributed by atoms with Crippen molar-refractivity contribution >= 4 is 5.91 Å². The van der Waals surface area contributed by atoms with Gasteiger partial charge in [0, 0.05) is 24.7 Å². The number of aliphatic hydroxyl groups excluding tert-OH is 1. The van der Waals surface area contributed by atoms with Crippen LogP contribution in [0, 0.1) is 5.82 Å². The highest BCUT2D eigenvalue weighted by molar-refractivity contribution is 5.93. The summed E-state index contributed by atoms with van der Waals surface area (Å²) in [6, 6.07) is 7.15. The van der Waals surface area contributed by atoms with E-state index in [4.69, 9.17) is 4.52 Å². The van der Waals surface area contributed by atoms with E-state index in [1.807, 2.05) is 19.0 Å². The third-order valence-corrected chi connectivity index (χ3v) is 2.95. The van der Waals surface area contributed by atoms with E-state index in [2.05, 4.69) is 10.5 Å². The molecule has 0 bridgehead atoms. The average molecular weight is 307 g/mol. The van der Waals surface area contributed by atoms with Gasteiger partial charge in [0.2, 0.25) is 0 Å². The zero-order valence-electron chi connectivity index (χ0n) is 12.4. The number of amides is 1. The maximum absolute atomic E-state index is 12.9. The second kappa shape index (κ2) is 7.15. The van der Waals surface area contributed by atoms with E-state index in [-0.39, 0.29) is 18.1 Å². The number of carbonyl (C=O) groups excluding carboxylic acids is 1. The van der Waals surface area contributed by atoms with Gasteiger partial charge in [-0.25, -0.2) is 4.39 Å². The van der Waals surface area contributed by atoms with E-state index >= 15 is 0 Å². The number of halogens is 1. The molecule has 0 radical (unpaired) electrons. The summed E-state index contributed by atoms with van der Waals surface area (Å²) in [6.45, 7) is 0.565. The SMILES string of the molecule is CN(C)CC(O)CNC(=O)c1cc(-c2ccc(F)cc2)on1. The summed E-state index contributed by atoms with van der Waals surface area (Å²) in [7, 11) is 3.66. The monoisotopic (exact) mass is 307 g/mol. The van der Waals surface area contributed by atoms with Gasteiger partial charge in [-0.15, -0.1) is 0 Å². The van der Waals surface area contributed by atoms with Crippen LogP contribution in [-0.2, 0) is 0 Å². The number of nitrogens with zero attached hydrogens (tertiary/aromatic N) is 2. The largest absolute Gasteiger partial charge is 0.390 e. The van der Waals surface area contributed by atoms with Crippen LogP contribution in [0.15, 0.2) is 34.9 Å². The second-order valence-electron chi connectivity index (χ2n) is 5.21. The highest BCUT2D eigenvalue weighted by Gasteiger charge is 2.15. The molecule has 0 aliphatic carbocycles. The molecule has 1 heterocycles. The summed E-state index contributed by atoms with van der Waals surface area (Å²) in [6.07, 6.45) is -0.664. The Bertz CT molecular complexity index is 625. The molecule has 1 aromatic carbocycles. The number of carbonyl (C=O) groups is 1. The van der Waals surface area contributed by atoms with E-state index in [1.54, 1.807) is 12.1 Å². The van der Waals surface area contributed by atoms with Gasteiger partial charge >= 0.3 is 0 Å². The fourth-order valence-corrected chi connectivity index (χ4v) is 1.92. The molecule has 2 N–H and O–H groups in total. The second-order valence-corrected chi connectivity index (χ2v) is 5.21. The van der Waals surface area contributed by atoms with Gasteiger partial charge in [0.15, 0.2) is 11.5 Å². The third-order valence-electron chi connectivity index (χ3n) is 2.95. The van der Waals surface area contributed by atoms with Crippen molar-refractivity contribution in [2.75, 3.05) is 27.2 Å². The zero-order valence-corrected chi connectivity index (χ0v) is 12.4. The van der Waals surface area contributed by atoms with E-state index in [1.165, 1.54) is 18.2 Å². The first-order valence-electron chi connectivity index (χ1n) is 6.79. The minimum atomic E-state index is -0.664. The zero-order chi connectivity index (χ0) is 16.1. The minimum Gasteiger partial charge on any atom is -0.390 e. The van der Waals surface area contributed by atoms with Crippen LogP contribution >= 0.6 is 0 Å². The third kappa shape index (κ3) is 4.37. The summed E-state index contributed by atoms with van der Waals surface area (Å²) in [5.74, 6) is -0.412. The lowest BCUT2D eigenvalue weighted by atomic mass is 10.1. The Morgan fingerprint density at radius 2 is 2.09 bits per heavy atom. The number of nitrogens with one attached hydrogen (secondary N) is 1. The van der Waals surface area contributed by atoms with Gasteiger partial charge in [0.1, 0.15) is 5.82 Å². The number of hydrogen-bond acceptors (Lipinski definition) is 5. The molecule has 1 amide bonds. The number of benzene rings is 1. The number of aliphatic hydroxyl groups is 1. The standard InChI is InChI=1S/C15H18FN3O3/c1-19(2)9-12(20)8-17-15(21)13-7-14(22-18-13)10-3-5-11(16)6-4-10/h3-7,12,20H,8-9H2,1-2H3,(H,17,21). The molecule has 1 atom stereocenters. The van der Waals surface area contributed by atoms with Crippen molar-refractivity contribution < 1.29 is 18.8 Å². The molecule has 7 heteroatoms. The van der Waals surface area contributed by atoms with Gasteiger partial charge < -0.3 is 19.8 Å². The quantitative estimate of drug-likeness (QED) is 0.836. The maximum Gasteiger partial charge on any atom is 0.273 e. The molecular formula is C15H18FN3O3. The molecule has 2 aromatic rings. The van der Waals surface area contributed by atoms with Crippen molar-refractivity contribution in [3.8, 4) is 11.3 Å². The first-order chi connectivity index (χ1) is 10.5. The number of hydrogen-bond donors (Lipinski definition) is 2. The normalized spacial score (nSPS) is 12.4. The van der Waals surface area contributed by atoms with Crippen LogP contribution in [0.1, 0.15) is 10.5 Å². The Balaban J connectivity index is 1.96. The molecule has 1 unspecified atom stereocenters. The maximum atomic E-state index is 12.9. The number of likely N-dealkylation sites (N-methyl/N-ethyl adjacent to an activating group) is 1. The van der Waals surface area contributed by atoms with Gasteiger partial charge in [-0.3, -0.25) is 4.79 Å². The fraction of sp³-hybridized carbons (Fsp3) is 0.333. The van der Waals surface area contributed by atoms with Crippen molar-refractivity contribution in [1.29, 1.82) is 0 Å². The molecule has 0 aliphatic rings. The van der Waals surface area contributed by atoms with Crippen molar-refractivity contribution in [3.05, 3.63) is 41.8 Å². The number of rotatable bonds is 6. The van der Waals surface area contributed by atoms with Crippen molar-refractivity contribution in [2.45, 2.75) is 6.10 Å². The average Bonchev–Trinajstić information content (AvgIpc) is 2.94. The van der Waals surface area contributed by atoms with Crippen LogP contribution in [0.5, 0.6) is 0 Å². The first kappa shape index (κ1) is 16.1. The van der Waals surface area contributed by atoms with Gasteiger partial charge in [0.25, 0.3) is 5.91 Å². The molecule has 22 heavy (non-hydrogen) atoms. The molecule has 0 saturated carbocycles. The van der Waals surface area contributed by atoms with Crippen LogP contribution < -0.4 is 5.32 Å². The Morgan fingerprint density at radius 1 is 1.41 bits per heavy atom. The number of aromatic nitrogens is 1. The highest BCUT2D eigenvalue weighted by Crippen LogP contribution is 2.20. The van der Waals surface area contributed by atoms with Crippen LogP contribution in [0.2, 0.25) is 0 Å². The van der Waals surface area contributed by atoms with Gasteiger partial charge in [-0.1, -0.05) is 5.16 Å². The topological polar surface area (TPSA) is 78.6 Å². The van der Waals surface area contributed by atoms with Crippen LogP contribution in [0.4, 0.5) is 4.39 Å². The van der Waals surface area contributed by atoms with Crippen molar-refractivity contribution in [3.63, 3.8) is 0 Å². The first-order valence-corrected chi connectivity index (χ1v) is 6.79. The van der Waals surface area contributed by atoms with E-state index in [0.717, 1.165) is 0 Å². The van der Waals surface area contributed by atoms with Crippen LogP contribution in [-0.4, -0.2) is 54.4 Å². The Labute approximate surface area is 127 Å². The molecule has 0 fully saturated rings. The smallest absolute Gasteiger partial charge is 0.273 e. The molecule has 0 aliphatic heterocycles. The lowest BCUT2D eigenvalue weighted by Gasteiger charge is -2.15. The summed E-state index contributed by atoms with van der Waals surface area (Å²) in [4.78, 5) is 13.7. The predicted octanol–water partition coefficient (Wildman–Crippen LogP) is 1.13. The van der Waals surface area contributed by atoms with Crippen molar-refractivity contribution in [2.24, 2.45) is 0 Å². The molecule has 1 aromatic heterocycles. The van der Waals surface area contributed by atoms with Crippen LogP contribution in [0.25, 0.3) is 11.3 Å². The van der Waals surface area contributed by atoms with E-state index < -0.39 is 12.0 Å². The molecule has 2 rings (SSSR count). The van der Waals surface area contributed by atoms with Gasteiger partial charge in [-0.05, 0) is 38.4 Å². The van der Waals surface area contributed by atoms with Gasteiger partial charge in [0.05, 0.1) is 6.10 Å². The summed E-state index contributed by atoms with van der Waals surface area (Å²) in [5.41, 5.74) is 0.733. The molecule has 0 spiro atoms. The molecule has 118 valence electrons. The van der Waals surface area contributed by atoms with E-state index in [0.29, 0.717) is 17.9 Å². The summed E-state index contributed by atoms with van der Waals surface area (Å²) < 4.78 is 17.9. The Hall–Kier alpha value is -2.25. The molecule has 0 saturated heterocycles. The summed E-state index contributed by atoms with van der Waals surface area (Å²) in [5, 5.41) is 15.9. The van der Waals surface area contributed by atoms with Crippen LogP contribution in [0.3, 0.4) is 0 Å².